The van der Waals surface area contributed by atoms with E-state index < -0.39 is 15.4 Å². The topological polar surface area (TPSA) is 75.7 Å². The fraction of sp³-hybridized carbons (Fsp3) is 0.409. The predicted octanol–water partition coefficient (Wildman–Crippen LogP) is 4.86. The van der Waals surface area contributed by atoms with Crippen LogP contribution in [-0.2, 0) is 14.8 Å². The summed E-state index contributed by atoms with van der Waals surface area (Å²) in [6, 6.07) is 9.55. The number of halogens is 1. The second-order valence-corrected chi connectivity index (χ2v) is 10.8. The highest BCUT2D eigenvalue weighted by Gasteiger charge is 2.38. The summed E-state index contributed by atoms with van der Waals surface area (Å²) >= 11 is 6.09. The Kier molecular flexibility index (Phi) is 6.07. The lowest BCUT2D eigenvalue weighted by atomic mass is 9.92. The van der Waals surface area contributed by atoms with E-state index >= 15 is 0 Å². The smallest absolute Gasteiger partial charge is 0.261 e. The van der Waals surface area contributed by atoms with Gasteiger partial charge in [-0.3, -0.25) is 9.52 Å². The Bertz CT molecular complexity index is 1080. The minimum Gasteiger partial charge on any atom is -0.490 e. The normalized spacial score (nSPS) is 16.1. The van der Waals surface area contributed by atoms with Gasteiger partial charge in [0, 0.05) is 11.6 Å². The standard InChI is InChI=1S/C22H27ClN2O4S/c1-14(2)12-25-19-10-16(7-9-20(19)29-13-22(4,5)21(25)26)24-30(27,28)17-8-6-15(3)18(23)11-17/h6-11,14,24H,12-13H2,1-5H3. The van der Waals surface area contributed by atoms with Crippen LogP contribution in [0.5, 0.6) is 5.75 Å². The number of carbonyl (C=O) groups is 1. The lowest BCUT2D eigenvalue weighted by Gasteiger charge is -2.29. The number of ether oxygens (including phenoxy) is 1. The fourth-order valence-corrected chi connectivity index (χ4v) is 4.53. The highest BCUT2D eigenvalue weighted by molar-refractivity contribution is 7.92. The SMILES string of the molecule is Cc1ccc(S(=O)(=O)Nc2ccc3c(c2)N(CC(C)C)C(=O)C(C)(C)CO3)cc1Cl. The molecule has 1 amide bonds. The predicted molar refractivity (Wildman–Crippen MR) is 120 cm³/mol. The van der Waals surface area contributed by atoms with Crippen LogP contribution < -0.4 is 14.4 Å². The van der Waals surface area contributed by atoms with Crippen LogP contribution in [0.2, 0.25) is 5.02 Å². The number of hydrogen-bond donors (Lipinski definition) is 1. The first-order valence-corrected chi connectivity index (χ1v) is 11.6. The largest absolute Gasteiger partial charge is 0.490 e. The lowest BCUT2D eigenvalue weighted by Crippen LogP contribution is -2.43. The van der Waals surface area contributed by atoms with Crippen molar-refractivity contribution in [1.29, 1.82) is 0 Å². The van der Waals surface area contributed by atoms with Gasteiger partial charge in [0.25, 0.3) is 10.0 Å². The van der Waals surface area contributed by atoms with E-state index in [9.17, 15) is 13.2 Å². The first-order chi connectivity index (χ1) is 13.9. The van der Waals surface area contributed by atoms with Crippen LogP contribution in [-0.4, -0.2) is 27.5 Å². The van der Waals surface area contributed by atoms with E-state index in [4.69, 9.17) is 16.3 Å². The molecule has 0 saturated heterocycles. The van der Waals surface area contributed by atoms with Crippen LogP contribution in [0.4, 0.5) is 11.4 Å². The average Bonchev–Trinajstić information content (AvgIpc) is 2.74. The van der Waals surface area contributed by atoms with Gasteiger partial charge in [-0.25, -0.2) is 8.42 Å². The second-order valence-electron chi connectivity index (χ2n) is 8.68. The number of anilines is 2. The molecule has 1 N–H and O–H groups in total. The quantitative estimate of drug-likeness (QED) is 0.705. The zero-order valence-corrected chi connectivity index (χ0v) is 19.4. The molecular formula is C22H27ClN2O4S. The fourth-order valence-electron chi connectivity index (χ4n) is 3.21. The van der Waals surface area contributed by atoms with Gasteiger partial charge in [-0.2, -0.15) is 0 Å². The summed E-state index contributed by atoms with van der Waals surface area (Å²) in [6.45, 7) is 10.3. The highest BCUT2D eigenvalue weighted by atomic mass is 35.5. The number of sulfonamides is 1. The zero-order chi connectivity index (χ0) is 22.3. The van der Waals surface area contributed by atoms with Crippen molar-refractivity contribution in [3.63, 3.8) is 0 Å². The number of nitrogens with zero attached hydrogens (tertiary/aromatic N) is 1. The van der Waals surface area contributed by atoms with Crippen molar-refractivity contribution in [2.24, 2.45) is 11.3 Å². The van der Waals surface area contributed by atoms with E-state index in [0.29, 0.717) is 28.7 Å². The van der Waals surface area contributed by atoms with Crippen molar-refractivity contribution < 1.29 is 17.9 Å². The number of rotatable bonds is 5. The van der Waals surface area contributed by atoms with Gasteiger partial charge in [0.15, 0.2) is 0 Å². The molecule has 0 fully saturated rings. The monoisotopic (exact) mass is 450 g/mol. The lowest BCUT2D eigenvalue weighted by molar-refractivity contribution is -0.127. The third-order valence-electron chi connectivity index (χ3n) is 4.92. The molecule has 0 aromatic heterocycles. The van der Waals surface area contributed by atoms with Crippen LogP contribution >= 0.6 is 11.6 Å². The molecule has 0 radical (unpaired) electrons. The van der Waals surface area contributed by atoms with Crippen molar-refractivity contribution in [3.05, 3.63) is 47.0 Å². The molecule has 0 atom stereocenters. The molecule has 30 heavy (non-hydrogen) atoms. The molecule has 0 bridgehead atoms. The number of fused-ring (bicyclic) bond motifs is 1. The average molecular weight is 451 g/mol. The van der Waals surface area contributed by atoms with Crippen LogP contribution in [0.3, 0.4) is 0 Å². The molecule has 3 rings (SSSR count). The van der Waals surface area contributed by atoms with Gasteiger partial charge >= 0.3 is 0 Å². The van der Waals surface area contributed by atoms with E-state index in [2.05, 4.69) is 4.72 Å². The summed E-state index contributed by atoms with van der Waals surface area (Å²) < 4.78 is 34.2. The van der Waals surface area contributed by atoms with Gasteiger partial charge in [-0.1, -0.05) is 31.5 Å². The molecule has 2 aromatic rings. The maximum absolute atomic E-state index is 13.1. The van der Waals surface area contributed by atoms with E-state index in [-0.39, 0.29) is 23.3 Å². The number of carbonyl (C=O) groups excluding carboxylic acids is 1. The Labute approximate surface area is 183 Å². The van der Waals surface area contributed by atoms with Crippen molar-refractivity contribution in [2.75, 3.05) is 22.8 Å². The van der Waals surface area contributed by atoms with Gasteiger partial charge in [-0.15, -0.1) is 0 Å². The summed E-state index contributed by atoms with van der Waals surface area (Å²) in [6.07, 6.45) is 0. The minimum atomic E-state index is -3.84. The first-order valence-electron chi connectivity index (χ1n) is 9.78. The van der Waals surface area contributed by atoms with E-state index in [0.717, 1.165) is 5.56 Å². The van der Waals surface area contributed by atoms with Gasteiger partial charge in [-0.05, 0) is 62.6 Å². The van der Waals surface area contributed by atoms with Crippen molar-refractivity contribution >= 4 is 38.9 Å². The number of amides is 1. The minimum absolute atomic E-state index is 0.0553. The molecule has 0 aliphatic carbocycles. The highest BCUT2D eigenvalue weighted by Crippen LogP contribution is 2.39. The maximum Gasteiger partial charge on any atom is 0.261 e. The summed E-state index contributed by atoms with van der Waals surface area (Å²) in [5.74, 6) is 0.724. The Morgan fingerprint density at radius 1 is 1.20 bits per heavy atom. The second kappa shape index (κ2) is 8.12. The van der Waals surface area contributed by atoms with Crippen molar-refractivity contribution in [2.45, 2.75) is 39.5 Å². The van der Waals surface area contributed by atoms with Gasteiger partial charge in [0.1, 0.15) is 12.4 Å². The number of nitrogens with one attached hydrogen (secondary N) is 1. The zero-order valence-electron chi connectivity index (χ0n) is 17.8. The summed E-state index contributed by atoms with van der Waals surface area (Å²) in [7, 11) is -3.84. The van der Waals surface area contributed by atoms with Crippen LogP contribution in [0.1, 0.15) is 33.3 Å². The van der Waals surface area contributed by atoms with Gasteiger partial charge < -0.3 is 9.64 Å². The Balaban J connectivity index is 2.00. The third-order valence-corrected chi connectivity index (χ3v) is 6.70. The molecule has 0 spiro atoms. The summed E-state index contributed by atoms with van der Waals surface area (Å²) in [4.78, 5) is 14.9. The maximum atomic E-state index is 13.1. The number of benzene rings is 2. The summed E-state index contributed by atoms with van der Waals surface area (Å²) in [5.41, 5.74) is 1.01. The molecule has 6 nitrogen and oxygen atoms in total. The molecular weight excluding hydrogens is 424 g/mol. The Morgan fingerprint density at radius 2 is 1.90 bits per heavy atom. The molecule has 8 heteroatoms. The summed E-state index contributed by atoms with van der Waals surface area (Å²) in [5, 5.41) is 0.379. The molecule has 0 unspecified atom stereocenters. The van der Waals surface area contributed by atoms with Crippen LogP contribution in [0.15, 0.2) is 41.3 Å². The molecule has 1 aliphatic heterocycles. The molecule has 1 aliphatic rings. The Hall–Kier alpha value is -2.25. The van der Waals surface area contributed by atoms with Crippen molar-refractivity contribution in [1.82, 2.24) is 0 Å². The first kappa shape index (κ1) is 22.4. The number of hydrogen-bond acceptors (Lipinski definition) is 4. The van der Waals surface area contributed by atoms with E-state index in [1.54, 1.807) is 36.1 Å². The third kappa shape index (κ3) is 4.57. The van der Waals surface area contributed by atoms with Crippen LogP contribution in [0.25, 0.3) is 0 Å². The van der Waals surface area contributed by atoms with E-state index in [1.165, 1.54) is 12.1 Å². The number of aryl methyl sites for hydroxylation is 1. The van der Waals surface area contributed by atoms with Gasteiger partial charge in [0.05, 0.1) is 21.7 Å². The molecule has 2 aromatic carbocycles. The van der Waals surface area contributed by atoms with Crippen molar-refractivity contribution in [3.8, 4) is 5.75 Å². The Morgan fingerprint density at radius 3 is 2.53 bits per heavy atom. The molecule has 0 saturated carbocycles. The van der Waals surface area contributed by atoms with Crippen LogP contribution in [0, 0.1) is 18.3 Å². The molecule has 162 valence electrons. The van der Waals surface area contributed by atoms with E-state index in [1.807, 2.05) is 27.7 Å². The van der Waals surface area contributed by atoms with Gasteiger partial charge in [0.2, 0.25) is 5.91 Å². The molecule has 1 heterocycles.